The first-order chi connectivity index (χ1) is 29.5. The van der Waals surface area contributed by atoms with Gasteiger partial charge in [0, 0.05) is 19.3 Å². The largest absolute Gasteiger partial charge is 0.462 e. The van der Waals surface area contributed by atoms with Crippen molar-refractivity contribution in [1.82, 2.24) is 0 Å². The summed E-state index contributed by atoms with van der Waals surface area (Å²) in [5, 5.41) is 0. The van der Waals surface area contributed by atoms with Crippen LogP contribution in [0.5, 0.6) is 0 Å². The van der Waals surface area contributed by atoms with E-state index in [9.17, 15) is 14.4 Å². The van der Waals surface area contributed by atoms with Crippen LogP contribution in [0.3, 0.4) is 0 Å². The molecule has 0 aromatic heterocycles. The van der Waals surface area contributed by atoms with Crippen molar-refractivity contribution in [3.8, 4) is 0 Å². The highest BCUT2D eigenvalue weighted by atomic mass is 16.6. The Morgan fingerprint density at radius 1 is 0.317 bits per heavy atom. The van der Waals surface area contributed by atoms with Crippen molar-refractivity contribution in [1.29, 1.82) is 0 Å². The molecule has 0 amide bonds. The minimum atomic E-state index is -0.766. The summed E-state index contributed by atoms with van der Waals surface area (Å²) in [4.78, 5) is 37.7. The van der Waals surface area contributed by atoms with Crippen LogP contribution in [0.2, 0.25) is 0 Å². The maximum Gasteiger partial charge on any atom is 0.306 e. The Balaban J connectivity index is 4.06. The lowest BCUT2D eigenvalue weighted by Crippen LogP contribution is -2.30. The third kappa shape index (κ3) is 47.2. The van der Waals surface area contributed by atoms with Gasteiger partial charge in [-0.1, -0.05) is 245 Å². The second-order valence-corrected chi connectivity index (χ2v) is 18.2. The summed E-state index contributed by atoms with van der Waals surface area (Å²) >= 11 is 0. The molecule has 6 nitrogen and oxygen atoms in total. The van der Waals surface area contributed by atoms with Crippen molar-refractivity contribution in [2.24, 2.45) is 0 Å². The van der Waals surface area contributed by atoms with E-state index in [1.807, 2.05) is 0 Å². The number of ether oxygens (including phenoxy) is 3. The van der Waals surface area contributed by atoms with Gasteiger partial charge in [-0.25, -0.2) is 0 Å². The van der Waals surface area contributed by atoms with Gasteiger partial charge in [-0.15, -0.1) is 0 Å². The first kappa shape index (κ1) is 58.1. The number of unbranched alkanes of at least 4 members (excludes halogenated alkanes) is 36. The molecule has 1 atom stereocenters. The summed E-state index contributed by atoms with van der Waals surface area (Å²) in [6.07, 6.45) is 55.3. The van der Waals surface area contributed by atoms with Crippen LogP contribution in [0.15, 0.2) is 12.2 Å². The summed E-state index contributed by atoms with van der Waals surface area (Å²) in [6.45, 7) is 6.58. The van der Waals surface area contributed by atoms with Crippen molar-refractivity contribution in [3.63, 3.8) is 0 Å². The zero-order valence-electron chi connectivity index (χ0n) is 40.5. The van der Waals surface area contributed by atoms with Crippen LogP contribution in [-0.2, 0) is 28.6 Å². The lowest BCUT2D eigenvalue weighted by Gasteiger charge is -2.18. The summed E-state index contributed by atoms with van der Waals surface area (Å²) < 4.78 is 16.7. The molecule has 0 aromatic rings. The third-order valence-electron chi connectivity index (χ3n) is 12.0. The van der Waals surface area contributed by atoms with E-state index in [1.165, 1.54) is 186 Å². The van der Waals surface area contributed by atoms with Crippen LogP contribution in [0.25, 0.3) is 0 Å². The standard InChI is InChI=1S/C54H102O6/c1-4-7-10-13-15-17-19-21-23-24-25-26-27-28-29-31-32-34-36-38-41-44-47-53(56)59-50-51(49-58-52(55)46-43-40-12-9-6-3)60-54(57)48-45-42-39-37-35-33-30-22-20-18-16-14-11-8-5-2/h22,30,51H,4-21,23-29,31-50H2,1-3H3/b30-22-. The molecule has 0 fully saturated rings. The van der Waals surface area contributed by atoms with Gasteiger partial charge in [0.05, 0.1) is 0 Å². The zero-order valence-corrected chi connectivity index (χ0v) is 40.5. The molecule has 6 heteroatoms. The van der Waals surface area contributed by atoms with Gasteiger partial charge in [-0.2, -0.15) is 0 Å². The van der Waals surface area contributed by atoms with Gasteiger partial charge >= 0.3 is 17.9 Å². The Morgan fingerprint density at radius 3 is 0.833 bits per heavy atom. The quantitative estimate of drug-likeness (QED) is 0.0263. The van der Waals surface area contributed by atoms with Gasteiger partial charge in [0.15, 0.2) is 6.10 Å². The molecule has 1 unspecified atom stereocenters. The van der Waals surface area contributed by atoms with Gasteiger partial charge in [-0.3, -0.25) is 14.4 Å². The van der Waals surface area contributed by atoms with Gasteiger partial charge in [-0.05, 0) is 44.9 Å². The lowest BCUT2D eigenvalue weighted by molar-refractivity contribution is -0.167. The summed E-state index contributed by atoms with van der Waals surface area (Å²) in [6, 6.07) is 0. The van der Waals surface area contributed by atoms with Gasteiger partial charge in [0.25, 0.3) is 0 Å². The molecular weight excluding hydrogens is 745 g/mol. The minimum Gasteiger partial charge on any atom is -0.462 e. The SMILES string of the molecule is CCCCCCCC/C=C\CCCCCCCC(=O)OC(COC(=O)CCCCCCC)COC(=O)CCCCCCCCCCCCCCCCCCCCCCCC. The average molecular weight is 847 g/mol. The maximum absolute atomic E-state index is 12.7. The summed E-state index contributed by atoms with van der Waals surface area (Å²) in [5.74, 6) is -0.876. The lowest BCUT2D eigenvalue weighted by atomic mass is 10.0. The normalized spacial score (nSPS) is 12.0. The molecule has 0 rings (SSSR count). The average Bonchev–Trinajstić information content (AvgIpc) is 3.24. The minimum absolute atomic E-state index is 0.0694. The van der Waals surface area contributed by atoms with E-state index in [0.717, 1.165) is 70.6 Å². The Bertz CT molecular complexity index is 931. The monoisotopic (exact) mass is 847 g/mol. The first-order valence-corrected chi connectivity index (χ1v) is 26.7. The van der Waals surface area contributed by atoms with E-state index in [-0.39, 0.29) is 31.1 Å². The summed E-state index contributed by atoms with van der Waals surface area (Å²) in [7, 11) is 0. The molecule has 0 bridgehead atoms. The fourth-order valence-electron chi connectivity index (χ4n) is 7.97. The number of hydrogen-bond donors (Lipinski definition) is 0. The van der Waals surface area contributed by atoms with Crippen molar-refractivity contribution >= 4 is 17.9 Å². The van der Waals surface area contributed by atoms with Crippen LogP contribution < -0.4 is 0 Å². The molecule has 0 N–H and O–H groups in total. The Morgan fingerprint density at radius 2 is 0.550 bits per heavy atom. The second-order valence-electron chi connectivity index (χ2n) is 18.2. The highest BCUT2D eigenvalue weighted by molar-refractivity contribution is 5.71. The molecule has 0 radical (unpaired) electrons. The van der Waals surface area contributed by atoms with Gasteiger partial charge < -0.3 is 14.2 Å². The number of esters is 3. The number of carbonyl (C=O) groups is 3. The topological polar surface area (TPSA) is 78.9 Å². The van der Waals surface area contributed by atoms with Crippen molar-refractivity contribution in [3.05, 3.63) is 12.2 Å². The maximum atomic E-state index is 12.7. The molecule has 0 aromatic carbocycles. The molecule has 0 saturated carbocycles. The molecular formula is C54H102O6. The number of rotatable bonds is 49. The molecule has 0 aliphatic rings. The molecule has 354 valence electrons. The highest BCUT2D eigenvalue weighted by Gasteiger charge is 2.19. The number of carbonyl (C=O) groups excluding carboxylic acids is 3. The fourth-order valence-corrected chi connectivity index (χ4v) is 7.97. The van der Waals surface area contributed by atoms with E-state index in [1.54, 1.807) is 0 Å². The molecule has 0 aliphatic heterocycles. The van der Waals surface area contributed by atoms with Crippen LogP contribution >= 0.6 is 0 Å². The second kappa shape index (κ2) is 49.8. The molecule has 0 aliphatic carbocycles. The first-order valence-electron chi connectivity index (χ1n) is 26.7. The smallest absolute Gasteiger partial charge is 0.306 e. The highest BCUT2D eigenvalue weighted by Crippen LogP contribution is 2.17. The molecule has 0 heterocycles. The van der Waals surface area contributed by atoms with Crippen LogP contribution in [0, 0.1) is 0 Å². The molecule has 60 heavy (non-hydrogen) atoms. The molecule has 0 saturated heterocycles. The predicted molar refractivity (Wildman–Crippen MR) is 256 cm³/mol. The van der Waals surface area contributed by atoms with E-state index in [4.69, 9.17) is 14.2 Å². The van der Waals surface area contributed by atoms with E-state index >= 15 is 0 Å². The zero-order chi connectivity index (χ0) is 43.7. The van der Waals surface area contributed by atoms with Gasteiger partial charge in [0.2, 0.25) is 0 Å². The third-order valence-corrected chi connectivity index (χ3v) is 12.0. The number of allylic oxidation sites excluding steroid dienone is 2. The van der Waals surface area contributed by atoms with Gasteiger partial charge in [0.1, 0.15) is 13.2 Å². The Kier molecular flexibility index (Phi) is 48.3. The van der Waals surface area contributed by atoms with Crippen LogP contribution in [0.1, 0.15) is 297 Å². The van der Waals surface area contributed by atoms with Crippen LogP contribution in [0.4, 0.5) is 0 Å². The van der Waals surface area contributed by atoms with Crippen LogP contribution in [-0.4, -0.2) is 37.2 Å². The van der Waals surface area contributed by atoms with Crippen molar-refractivity contribution in [2.75, 3.05) is 13.2 Å². The van der Waals surface area contributed by atoms with E-state index < -0.39 is 6.10 Å². The van der Waals surface area contributed by atoms with Crippen molar-refractivity contribution < 1.29 is 28.6 Å². The summed E-state index contributed by atoms with van der Waals surface area (Å²) in [5.41, 5.74) is 0. The van der Waals surface area contributed by atoms with E-state index in [2.05, 4.69) is 32.9 Å². The predicted octanol–water partition coefficient (Wildman–Crippen LogP) is 17.4. The fraction of sp³-hybridized carbons (Fsp3) is 0.907. The Hall–Kier alpha value is -1.85. The van der Waals surface area contributed by atoms with Crippen molar-refractivity contribution in [2.45, 2.75) is 303 Å². The Labute approximate surface area is 373 Å². The molecule has 0 spiro atoms. The van der Waals surface area contributed by atoms with E-state index in [0.29, 0.717) is 19.3 Å². The number of hydrogen-bond acceptors (Lipinski definition) is 6.